The molecule has 1 aromatic carbocycles. The molecule has 1 rings (SSSR count). The lowest BCUT2D eigenvalue weighted by atomic mass is 9.74. The maximum atomic E-state index is 12.2. The Morgan fingerprint density at radius 3 is 2.38 bits per heavy atom. The van der Waals surface area contributed by atoms with Crippen molar-refractivity contribution >= 4 is 18.0 Å². The quantitative estimate of drug-likeness (QED) is 0.617. The Kier molecular flexibility index (Phi) is 6.15. The molecule has 1 unspecified atom stereocenters. The third-order valence-corrected chi connectivity index (χ3v) is 3.56. The van der Waals surface area contributed by atoms with E-state index in [-0.39, 0.29) is 18.9 Å². The van der Waals surface area contributed by atoms with Gasteiger partial charge in [-0.1, -0.05) is 56.3 Å². The summed E-state index contributed by atoms with van der Waals surface area (Å²) in [6, 6.07) is 9.54. The zero-order valence-corrected chi connectivity index (χ0v) is 12.7. The highest BCUT2D eigenvalue weighted by Crippen LogP contribution is 2.34. The molecule has 4 nitrogen and oxygen atoms in total. The molecular weight excluding hydrogens is 268 g/mol. The lowest BCUT2D eigenvalue weighted by Crippen LogP contribution is -2.44. The van der Waals surface area contributed by atoms with Crippen molar-refractivity contribution < 1.29 is 19.4 Å². The first-order chi connectivity index (χ1) is 9.95. The van der Waals surface area contributed by atoms with E-state index in [1.807, 2.05) is 36.4 Å². The highest BCUT2D eigenvalue weighted by Gasteiger charge is 2.49. The average molecular weight is 290 g/mol. The van der Waals surface area contributed by atoms with Crippen molar-refractivity contribution in [2.24, 2.45) is 11.3 Å². The first-order valence-electron chi connectivity index (χ1n) is 7.07. The number of allylic oxidation sites excluding steroid dienone is 1. The number of hydrogen-bond donors (Lipinski definition) is 1. The van der Waals surface area contributed by atoms with Gasteiger partial charge in [-0.05, 0) is 24.8 Å². The Bertz CT molecular complexity index is 505. The van der Waals surface area contributed by atoms with Crippen LogP contribution in [0.1, 0.15) is 32.8 Å². The van der Waals surface area contributed by atoms with Gasteiger partial charge < -0.3 is 9.84 Å². The standard InChI is InChI=1S/C17H22O4/c1-4-21-16(20)17(13(2)3,15(18)19)12-8-11-14-9-6-5-7-10-14/h5-11,13H,4,12H2,1-3H3,(H,18,19)/b11-8+. The summed E-state index contributed by atoms with van der Waals surface area (Å²) < 4.78 is 4.98. The van der Waals surface area contributed by atoms with E-state index in [1.54, 1.807) is 26.8 Å². The smallest absolute Gasteiger partial charge is 0.324 e. The highest BCUT2D eigenvalue weighted by atomic mass is 16.5. The van der Waals surface area contributed by atoms with Crippen molar-refractivity contribution in [3.8, 4) is 0 Å². The summed E-state index contributed by atoms with van der Waals surface area (Å²) in [7, 11) is 0. The molecule has 0 aromatic heterocycles. The van der Waals surface area contributed by atoms with Crippen LogP contribution < -0.4 is 0 Å². The zero-order valence-electron chi connectivity index (χ0n) is 12.7. The van der Waals surface area contributed by atoms with E-state index in [2.05, 4.69) is 0 Å². The molecule has 21 heavy (non-hydrogen) atoms. The molecule has 114 valence electrons. The summed E-state index contributed by atoms with van der Waals surface area (Å²) in [5, 5.41) is 9.55. The van der Waals surface area contributed by atoms with Gasteiger partial charge in [-0.2, -0.15) is 0 Å². The van der Waals surface area contributed by atoms with Crippen molar-refractivity contribution in [2.45, 2.75) is 27.2 Å². The lowest BCUT2D eigenvalue weighted by Gasteiger charge is -2.29. The molecule has 1 aromatic rings. The first-order valence-corrected chi connectivity index (χ1v) is 7.07. The molecule has 0 aliphatic rings. The number of carboxylic acids is 1. The Hall–Kier alpha value is -2.10. The van der Waals surface area contributed by atoms with Gasteiger partial charge in [0.05, 0.1) is 6.61 Å². The van der Waals surface area contributed by atoms with Crippen LogP contribution in [0.3, 0.4) is 0 Å². The molecule has 0 heterocycles. The minimum absolute atomic E-state index is 0.105. The van der Waals surface area contributed by atoms with E-state index in [1.165, 1.54) is 0 Å². The minimum Gasteiger partial charge on any atom is -0.480 e. The predicted octanol–water partition coefficient (Wildman–Crippen LogP) is 3.38. The Morgan fingerprint density at radius 1 is 1.29 bits per heavy atom. The zero-order chi connectivity index (χ0) is 15.9. The van der Waals surface area contributed by atoms with Gasteiger partial charge in [-0.15, -0.1) is 0 Å². The molecule has 0 aliphatic carbocycles. The van der Waals surface area contributed by atoms with E-state index < -0.39 is 17.4 Å². The fourth-order valence-corrected chi connectivity index (χ4v) is 2.18. The maximum Gasteiger partial charge on any atom is 0.324 e. The molecular formula is C17H22O4. The van der Waals surface area contributed by atoms with Crippen LogP contribution >= 0.6 is 0 Å². The van der Waals surface area contributed by atoms with E-state index in [9.17, 15) is 14.7 Å². The average Bonchev–Trinajstić information content (AvgIpc) is 2.44. The summed E-state index contributed by atoms with van der Waals surface area (Å²) in [5.74, 6) is -2.19. The van der Waals surface area contributed by atoms with Gasteiger partial charge in [-0.3, -0.25) is 9.59 Å². The molecule has 4 heteroatoms. The molecule has 1 N–H and O–H groups in total. The van der Waals surface area contributed by atoms with E-state index >= 15 is 0 Å². The van der Waals surface area contributed by atoms with Gasteiger partial charge in [0.1, 0.15) is 0 Å². The molecule has 0 spiro atoms. The summed E-state index contributed by atoms with van der Waals surface area (Å²) in [4.78, 5) is 23.8. The molecule has 0 fully saturated rings. The second-order valence-corrected chi connectivity index (χ2v) is 5.17. The van der Waals surface area contributed by atoms with Gasteiger partial charge in [-0.25, -0.2) is 0 Å². The van der Waals surface area contributed by atoms with Crippen molar-refractivity contribution in [3.05, 3.63) is 42.0 Å². The number of carbonyl (C=O) groups is 2. The Balaban J connectivity index is 3.00. The number of esters is 1. The molecule has 0 radical (unpaired) electrons. The fraction of sp³-hybridized carbons (Fsp3) is 0.412. The minimum atomic E-state index is -1.54. The lowest BCUT2D eigenvalue weighted by molar-refractivity contribution is -0.172. The second-order valence-electron chi connectivity index (χ2n) is 5.17. The molecule has 0 amide bonds. The van der Waals surface area contributed by atoms with Crippen LogP contribution in [0.4, 0.5) is 0 Å². The highest BCUT2D eigenvalue weighted by molar-refractivity contribution is 5.99. The number of hydrogen-bond acceptors (Lipinski definition) is 3. The maximum absolute atomic E-state index is 12.2. The van der Waals surface area contributed by atoms with Gasteiger partial charge in [0.25, 0.3) is 0 Å². The SMILES string of the molecule is CCOC(=O)C(C/C=C/c1ccccc1)(C(=O)O)C(C)C. The predicted molar refractivity (Wildman–Crippen MR) is 81.6 cm³/mol. The number of carbonyl (C=O) groups excluding carboxylic acids is 1. The van der Waals surface area contributed by atoms with Gasteiger partial charge in [0.2, 0.25) is 0 Å². The van der Waals surface area contributed by atoms with Crippen molar-refractivity contribution in [1.82, 2.24) is 0 Å². The second kappa shape index (κ2) is 7.62. The van der Waals surface area contributed by atoms with Gasteiger partial charge in [0.15, 0.2) is 5.41 Å². The van der Waals surface area contributed by atoms with Crippen LogP contribution in [-0.4, -0.2) is 23.7 Å². The van der Waals surface area contributed by atoms with Crippen LogP contribution in [0.2, 0.25) is 0 Å². The Morgan fingerprint density at radius 2 is 1.90 bits per heavy atom. The normalized spacial score (nSPS) is 14.1. The molecule has 0 aliphatic heterocycles. The van der Waals surface area contributed by atoms with Crippen LogP contribution in [0.25, 0.3) is 6.08 Å². The van der Waals surface area contributed by atoms with E-state index in [0.717, 1.165) is 5.56 Å². The van der Waals surface area contributed by atoms with Crippen LogP contribution in [0.15, 0.2) is 36.4 Å². The first kappa shape index (κ1) is 17.0. The van der Waals surface area contributed by atoms with Crippen molar-refractivity contribution in [3.63, 3.8) is 0 Å². The summed E-state index contributed by atoms with van der Waals surface area (Å²) in [5.41, 5.74) is -0.578. The van der Waals surface area contributed by atoms with E-state index in [4.69, 9.17) is 4.74 Å². The number of rotatable bonds is 7. The van der Waals surface area contributed by atoms with Gasteiger partial charge >= 0.3 is 11.9 Å². The largest absolute Gasteiger partial charge is 0.480 e. The third kappa shape index (κ3) is 3.94. The van der Waals surface area contributed by atoms with Crippen molar-refractivity contribution in [2.75, 3.05) is 6.61 Å². The number of ether oxygens (including phenoxy) is 1. The molecule has 0 saturated carbocycles. The molecule has 1 atom stereocenters. The number of carboxylic acid groups (broad SMARTS) is 1. The Labute approximate surface area is 125 Å². The fourth-order valence-electron chi connectivity index (χ4n) is 2.18. The van der Waals surface area contributed by atoms with Crippen LogP contribution in [0, 0.1) is 11.3 Å². The monoisotopic (exact) mass is 290 g/mol. The molecule has 0 saturated heterocycles. The topological polar surface area (TPSA) is 63.6 Å². The molecule has 0 bridgehead atoms. The van der Waals surface area contributed by atoms with Crippen LogP contribution in [-0.2, 0) is 14.3 Å². The van der Waals surface area contributed by atoms with Crippen LogP contribution in [0.5, 0.6) is 0 Å². The summed E-state index contributed by atoms with van der Waals surface area (Å²) in [6.45, 7) is 5.29. The number of benzene rings is 1. The summed E-state index contributed by atoms with van der Waals surface area (Å²) >= 11 is 0. The third-order valence-electron chi connectivity index (χ3n) is 3.56. The van der Waals surface area contributed by atoms with Crippen molar-refractivity contribution in [1.29, 1.82) is 0 Å². The number of aliphatic carboxylic acids is 1. The van der Waals surface area contributed by atoms with E-state index in [0.29, 0.717) is 0 Å². The summed E-state index contributed by atoms with van der Waals surface area (Å²) in [6.07, 6.45) is 3.65. The van der Waals surface area contributed by atoms with Gasteiger partial charge in [0, 0.05) is 0 Å².